The second kappa shape index (κ2) is 3.93. The molecule has 0 saturated heterocycles. The third kappa shape index (κ3) is 1.50. The third-order valence-electron chi connectivity index (χ3n) is 3.20. The smallest absolute Gasteiger partial charge is 0.235 e. The second-order valence-corrected chi connectivity index (χ2v) is 5.09. The van der Waals surface area contributed by atoms with Gasteiger partial charge >= 0.3 is 0 Å². The standard InChI is InChI=1S/C12H8BrNO4/c13-8-3-7(4-15)10-11(18-6-17-10)9(8)12(1-2-12)14-5-16/h3-4H,1-2,6H2. The largest absolute Gasteiger partial charge is 0.453 e. The van der Waals surface area contributed by atoms with Gasteiger partial charge < -0.3 is 9.47 Å². The molecule has 1 aromatic rings. The lowest BCUT2D eigenvalue weighted by Gasteiger charge is -2.14. The van der Waals surface area contributed by atoms with Gasteiger partial charge in [-0.3, -0.25) is 4.79 Å². The molecule has 1 aliphatic carbocycles. The number of fused-ring (bicyclic) bond motifs is 1. The van der Waals surface area contributed by atoms with Gasteiger partial charge in [-0.1, -0.05) is 15.9 Å². The van der Waals surface area contributed by atoms with Gasteiger partial charge in [0.05, 0.1) is 5.56 Å². The normalized spacial score (nSPS) is 18.1. The topological polar surface area (TPSA) is 65.0 Å². The fourth-order valence-electron chi connectivity index (χ4n) is 2.21. The summed E-state index contributed by atoms with van der Waals surface area (Å²) in [5.74, 6) is 0.929. The Morgan fingerprint density at radius 3 is 2.72 bits per heavy atom. The van der Waals surface area contributed by atoms with E-state index in [1.807, 2.05) is 0 Å². The number of carbonyl (C=O) groups is 1. The van der Waals surface area contributed by atoms with Crippen molar-refractivity contribution in [3.8, 4) is 11.5 Å². The predicted octanol–water partition coefficient (Wildman–Crippen LogP) is 2.32. The van der Waals surface area contributed by atoms with Crippen LogP contribution in [0, 0.1) is 0 Å². The minimum absolute atomic E-state index is 0.0700. The molecule has 92 valence electrons. The zero-order valence-corrected chi connectivity index (χ0v) is 10.8. The summed E-state index contributed by atoms with van der Waals surface area (Å²) in [5.41, 5.74) is 0.618. The number of benzene rings is 1. The lowest BCUT2D eigenvalue weighted by atomic mass is 10.0. The van der Waals surface area contributed by atoms with Crippen LogP contribution in [0.3, 0.4) is 0 Å². The first-order valence-electron chi connectivity index (χ1n) is 5.38. The summed E-state index contributed by atoms with van der Waals surface area (Å²) in [4.78, 5) is 25.4. The number of nitrogens with zero attached hydrogens (tertiary/aromatic N) is 1. The highest BCUT2D eigenvalue weighted by Crippen LogP contribution is 2.58. The molecule has 18 heavy (non-hydrogen) atoms. The molecule has 2 aliphatic rings. The van der Waals surface area contributed by atoms with E-state index in [1.54, 1.807) is 12.1 Å². The summed E-state index contributed by atoms with van der Waals surface area (Å²) in [6.45, 7) is 0.0700. The summed E-state index contributed by atoms with van der Waals surface area (Å²) >= 11 is 3.40. The minimum atomic E-state index is -0.570. The van der Waals surface area contributed by atoms with Crippen molar-refractivity contribution in [2.45, 2.75) is 18.4 Å². The average molecular weight is 310 g/mol. The lowest BCUT2D eigenvalue weighted by Crippen LogP contribution is -2.06. The Morgan fingerprint density at radius 2 is 2.11 bits per heavy atom. The van der Waals surface area contributed by atoms with Crippen LogP contribution in [0.1, 0.15) is 28.8 Å². The van der Waals surface area contributed by atoms with E-state index in [1.165, 1.54) is 0 Å². The number of hydrogen-bond donors (Lipinski definition) is 0. The van der Waals surface area contributed by atoms with Crippen molar-refractivity contribution in [1.82, 2.24) is 0 Å². The molecule has 1 fully saturated rings. The molecule has 0 amide bonds. The molecule has 1 aliphatic heterocycles. The summed E-state index contributed by atoms with van der Waals surface area (Å²) in [6, 6.07) is 1.66. The van der Waals surface area contributed by atoms with Gasteiger partial charge in [0, 0.05) is 10.0 Å². The highest BCUT2D eigenvalue weighted by molar-refractivity contribution is 9.10. The summed E-state index contributed by atoms with van der Waals surface area (Å²) < 4.78 is 11.4. The van der Waals surface area contributed by atoms with Gasteiger partial charge in [0.15, 0.2) is 17.8 Å². The number of carbonyl (C=O) groups excluding carboxylic acids is 2. The molecule has 0 atom stereocenters. The van der Waals surface area contributed by atoms with Gasteiger partial charge in [-0.2, -0.15) is 4.99 Å². The minimum Gasteiger partial charge on any atom is -0.453 e. The summed E-state index contributed by atoms with van der Waals surface area (Å²) in [6.07, 6.45) is 3.84. The second-order valence-electron chi connectivity index (χ2n) is 4.24. The van der Waals surface area contributed by atoms with E-state index in [0.717, 1.165) is 18.4 Å². The number of aliphatic imine (C=N–C) groups is 1. The highest BCUT2D eigenvalue weighted by atomic mass is 79.9. The van der Waals surface area contributed by atoms with Gasteiger partial charge in [-0.05, 0) is 18.9 Å². The fraction of sp³-hybridized carbons (Fsp3) is 0.333. The van der Waals surface area contributed by atoms with E-state index >= 15 is 0 Å². The molecule has 0 aromatic heterocycles. The first kappa shape index (κ1) is 11.4. The van der Waals surface area contributed by atoms with Gasteiger partial charge in [-0.25, -0.2) is 4.79 Å². The Bertz CT molecular complexity index is 588. The first-order chi connectivity index (χ1) is 8.72. The number of aldehydes is 1. The molecule has 0 radical (unpaired) electrons. The molecule has 3 rings (SSSR count). The van der Waals surface area contributed by atoms with E-state index in [-0.39, 0.29) is 6.79 Å². The third-order valence-corrected chi connectivity index (χ3v) is 3.82. The quantitative estimate of drug-likeness (QED) is 0.488. The van der Waals surface area contributed by atoms with Crippen LogP contribution in [-0.4, -0.2) is 19.2 Å². The van der Waals surface area contributed by atoms with Crippen molar-refractivity contribution in [2.75, 3.05) is 6.79 Å². The van der Waals surface area contributed by atoms with Crippen molar-refractivity contribution in [1.29, 1.82) is 0 Å². The molecule has 5 nitrogen and oxygen atoms in total. The highest BCUT2D eigenvalue weighted by Gasteiger charge is 2.50. The lowest BCUT2D eigenvalue weighted by molar-refractivity contribution is 0.111. The zero-order valence-electron chi connectivity index (χ0n) is 9.23. The van der Waals surface area contributed by atoms with Gasteiger partial charge in [0.25, 0.3) is 0 Å². The Labute approximate surface area is 111 Å². The number of isocyanates is 1. The predicted molar refractivity (Wildman–Crippen MR) is 64.7 cm³/mol. The SMILES string of the molecule is O=C=NC1(c2c(Br)cc(C=O)c3c2OCO3)CC1. The van der Waals surface area contributed by atoms with Crippen LogP contribution in [0.15, 0.2) is 15.5 Å². The molecular formula is C12H8BrNO4. The van der Waals surface area contributed by atoms with E-state index in [2.05, 4.69) is 20.9 Å². The zero-order chi connectivity index (χ0) is 12.8. The Hall–Kier alpha value is -1.65. The van der Waals surface area contributed by atoms with E-state index < -0.39 is 5.54 Å². The van der Waals surface area contributed by atoms with Crippen LogP contribution in [0.25, 0.3) is 0 Å². The number of rotatable bonds is 3. The maximum Gasteiger partial charge on any atom is 0.235 e. The first-order valence-corrected chi connectivity index (χ1v) is 6.18. The van der Waals surface area contributed by atoms with Crippen LogP contribution in [0.5, 0.6) is 11.5 Å². The Morgan fingerprint density at radius 1 is 1.39 bits per heavy atom. The molecule has 0 unspecified atom stereocenters. The fourth-order valence-corrected chi connectivity index (χ4v) is 3.00. The molecule has 0 N–H and O–H groups in total. The molecule has 1 saturated carbocycles. The number of hydrogen-bond acceptors (Lipinski definition) is 5. The summed E-state index contributed by atoms with van der Waals surface area (Å²) in [5, 5.41) is 0. The van der Waals surface area contributed by atoms with E-state index in [0.29, 0.717) is 27.8 Å². The van der Waals surface area contributed by atoms with Crippen molar-refractivity contribution < 1.29 is 19.1 Å². The molecule has 1 aromatic carbocycles. The van der Waals surface area contributed by atoms with E-state index in [9.17, 15) is 9.59 Å². The summed E-state index contributed by atoms with van der Waals surface area (Å²) in [7, 11) is 0. The van der Waals surface area contributed by atoms with E-state index in [4.69, 9.17) is 9.47 Å². The van der Waals surface area contributed by atoms with Gasteiger partial charge in [0.1, 0.15) is 5.54 Å². The van der Waals surface area contributed by atoms with Crippen molar-refractivity contribution in [3.05, 3.63) is 21.7 Å². The monoisotopic (exact) mass is 309 g/mol. The Balaban J connectivity index is 2.25. The van der Waals surface area contributed by atoms with Crippen molar-refractivity contribution in [2.24, 2.45) is 4.99 Å². The Kier molecular flexibility index (Phi) is 2.50. The van der Waals surface area contributed by atoms with Crippen molar-refractivity contribution in [3.63, 3.8) is 0 Å². The number of halogens is 1. The maximum atomic E-state index is 11.0. The molecule has 6 heteroatoms. The van der Waals surface area contributed by atoms with Crippen LogP contribution < -0.4 is 9.47 Å². The van der Waals surface area contributed by atoms with Crippen LogP contribution >= 0.6 is 15.9 Å². The number of ether oxygens (including phenoxy) is 2. The molecule has 0 spiro atoms. The van der Waals surface area contributed by atoms with Crippen LogP contribution in [-0.2, 0) is 10.3 Å². The average Bonchev–Trinajstić information content (AvgIpc) is 2.96. The van der Waals surface area contributed by atoms with Gasteiger partial charge in [0.2, 0.25) is 12.9 Å². The maximum absolute atomic E-state index is 11.0. The molecule has 1 heterocycles. The van der Waals surface area contributed by atoms with Gasteiger partial charge in [-0.15, -0.1) is 0 Å². The van der Waals surface area contributed by atoms with Crippen LogP contribution in [0.4, 0.5) is 0 Å². The molecule has 0 bridgehead atoms. The van der Waals surface area contributed by atoms with Crippen LogP contribution in [0.2, 0.25) is 0 Å². The molecular weight excluding hydrogens is 302 g/mol. The van der Waals surface area contributed by atoms with Crippen molar-refractivity contribution >= 4 is 28.3 Å².